The molecule has 0 heterocycles. The molecule has 0 aromatic rings. The fourth-order valence-electron chi connectivity index (χ4n) is 0.830. The van der Waals surface area contributed by atoms with Crippen molar-refractivity contribution in [2.24, 2.45) is 0 Å². The van der Waals surface area contributed by atoms with E-state index in [9.17, 15) is 8.42 Å². The lowest BCUT2D eigenvalue weighted by Gasteiger charge is -2.19. The number of halogens is 1. The number of hydrogen-bond acceptors (Lipinski definition) is 3. The summed E-state index contributed by atoms with van der Waals surface area (Å²) >= 11 is 5.48. The first-order valence-electron chi connectivity index (χ1n) is 4.80. The Morgan fingerprint density at radius 3 is 2.21 bits per heavy atom. The molecule has 0 aromatic carbocycles. The van der Waals surface area contributed by atoms with Crippen molar-refractivity contribution < 1.29 is 8.42 Å². The smallest absolute Gasteiger partial charge is 0.156 e. The molecule has 0 aliphatic heterocycles. The molecule has 0 radical (unpaired) electrons. The van der Waals surface area contributed by atoms with Gasteiger partial charge in [0.05, 0.1) is 10.5 Å². The van der Waals surface area contributed by atoms with Crippen LogP contribution < -0.4 is 5.32 Å². The van der Waals surface area contributed by atoms with Crippen LogP contribution in [-0.2, 0) is 9.84 Å². The SMILES string of the molecule is CC(C)(C)S(=O)(=O)CCNCCCCl. The van der Waals surface area contributed by atoms with Gasteiger partial charge in [0, 0.05) is 12.4 Å². The molecule has 3 nitrogen and oxygen atoms in total. The van der Waals surface area contributed by atoms with Gasteiger partial charge in [-0.2, -0.15) is 0 Å². The second-order valence-corrected chi connectivity index (χ2v) is 7.46. The van der Waals surface area contributed by atoms with Gasteiger partial charge < -0.3 is 5.32 Å². The summed E-state index contributed by atoms with van der Waals surface area (Å²) in [7, 11) is -2.98. The minimum absolute atomic E-state index is 0.193. The molecule has 0 rings (SSSR count). The molecular weight excluding hydrogens is 222 g/mol. The number of alkyl halides is 1. The highest BCUT2D eigenvalue weighted by atomic mass is 35.5. The lowest BCUT2D eigenvalue weighted by atomic mass is 10.3. The fourth-order valence-corrected chi connectivity index (χ4v) is 1.99. The van der Waals surface area contributed by atoms with Crippen molar-refractivity contribution in [1.29, 1.82) is 0 Å². The standard InChI is InChI=1S/C9H20ClNO2S/c1-9(2,3)14(12,13)8-7-11-6-4-5-10/h11H,4-8H2,1-3H3. The molecule has 0 saturated heterocycles. The number of sulfone groups is 1. The van der Waals surface area contributed by atoms with E-state index in [4.69, 9.17) is 11.6 Å². The second kappa shape index (κ2) is 5.93. The molecule has 5 heteroatoms. The molecule has 0 unspecified atom stereocenters. The Morgan fingerprint density at radius 1 is 1.21 bits per heavy atom. The molecule has 1 N–H and O–H groups in total. The topological polar surface area (TPSA) is 46.2 Å². The van der Waals surface area contributed by atoms with Gasteiger partial charge >= 0.3 is 0 Å². The summed E-state index contributed by atoms with van der Waals surface area (Å²) in [6.07, 6.45) is 0.872. The van der Waals surface area contributed by atoms with Crippen LogP contribution in [0, 0.1) is 0 Å². The summed E-state index contributed by atoms with van der Waals surface area (Å²) in [6.45, 7) is 6.46. The molecule has 86 valence electrons. The van der Waals surface area contributed by atoms with Crippen molar-refractivity contribution in [2.45, 2.75) is 31.9 Å². The zero-order valence-corrected chi connectivity index (χ0v) is 10.7. The van der Waals surface area contributed by atoms with Gasteiger partial charge in [-0.1, -0.05) is 0 Å². The summed E-state index contributed by atoms with van der Waals surface area (Å²) in [5, 5.41) is 3.05. The third-order valence-corrected chi connectivity index (χ3v) is 4.84. The Morgan fingerprint density at radius 2 is 1.79 bits per heavy atom. The fraction of sp³-hybridized carbons (Fsp3) is 1.00. The Kier molecular flexibility index (Phi) is 6.02. The molecule has 0 amide bonds. The lowest BCUT2D eigenvalue weighted by Crippen LogP contribution is -2.34. The van der Waals surface area contributed by atoms with Gasteiger partial charge in [0.1, 0.15) is 0 Å². The van der Waals surface area contributed by atoms with Crippen LogP contribution in [0.3, 0.4) is 0 Å². The van der Waals surface area contributed by atoms with Gasteiger partial charge in [0.25, 0.3) is 0 Å². The largest absolute Gasteiger partial charge is 0.316 e. The molecule has 0 aromatic heterocycles. The highest BCUT2D eigenvalue weighted by Crippen LogP contribution is 2.14. The second-order valence-electron chi connectivity index (χ2n) is 4.22. The van der Waals surface area contributed by atoms with Crippen LogP contribution in [0.2, 0.25) is 0 Å². The predicted molar refractivity (Wildman–Crippen MR) is 61.7 cm³/mol. The summed E-state index contributed by atoms with van der Waals surface area (Å²) in [4.78, 5) is 0. The number of rotatable bonds is 6. The van der Waals surface area contributed by atoms with Crippen molar-refractivity contribution in [1.82, 2.24) is 5.32 Å². The van der Waals surface area contributed by atoms with E-state index in [0.29, 0.717) is 12.4 Å². The molecule has 0 aliphatic carbocycles. The molecule has 0 saturated carbocycles. The molecular formula is C9H20ClNO2S. The Labute approximate surface area is 92.1 Å². The zero-order chi connectivity index (χ0) is 11.2. The number of hydrogen-bond donors (Lipinski definition) is 1. The van der Waals surface area contributed by atoms with Crippen molar-refractivity contribution in [3.63, 3.8) is 0 Å². The van der Waals surface area contributed by atoms with Gasteiger partial charge in [-0.15, -0.1) is 11.6 Å². The van der Waals surface area contributed by atoms with Crippen molar-refractivity contribution in [2.75, 3.05) is 24.7 Å². The Hall–Kier alpha value is 0.200. The minimum atomic E-state index is -2.98. The van der Waals surface area contributed by atoms with E-state index >= 15 is 0 Å². The first kappa shape index (κ1) is 14.2. The molecule has 0 bridgehead atoms. The predicted octanol–water partition coefficient (Wildman–Crippen LogP) is 1.42. The Balaban J connectivity index is 3.80. The molecule has 14 heavy (non-hydrogen) atoms. The van der Waals surface area contributed by atoms with Crippen molar-refractivity contribution in [3.8, 4) is 0 Å². The van der Waals surface area contributed by atoms with E-state index < -0.39 is 14.6 Å². The Bertz CT molecular complexity index is 244. The maximum atomic E-state index is 11.6. The van der Waals surface area contributed by atoms with E-state index in [1.54, 1.807) is 20.8 Å². The third-order valence-electron chi connectivity index (χ3n) is 1.97. The van der Waals surface area contributed by atoms with Gasteiger partial charge in [0.15, 0.2) is 9.84 Å². The molecule has 0 atom stereocenters. The van der Waals surface area contributed by atoms with E-state index in [2.05, 4.69) is 5.32 Å². The van der Waals surface area contributed by atoms with Gasteiger partial charge in [-0.05, 0) is 33.7 Å². The van der Waals surface area contributed by atoms with Crippen LogP contribution in [0.25, 0.3) is 0 Å². The van der Waals surface area contributed by atoms with Gasteiger partial charge in [0.2, 0.25) is 0 Å². The van der Waals surface area contributed by atoms with Crippen LogP contribution in [0.1, 0.15) is 27.2 Å². The van der Waals surface area contributed by atoms with Crippen LogP contribution in [0.5, 0.6) is 0 Å². The summed E-state index contributed by atoms with van der Waals surface area (Å²) in [6, 6.07) is 0. The quantitative estimate of drug-likeness (QED) is 0.565. The van der Waals surface area contributed by atoms with E-state index in [0.717, 1.165) is 13.0 Å². The third kappa shape index (κ3) is 5.17. The van der Waals surface area contributed by atoms with E-state index in [-0.39, 0.29) is 5.75 Å². The normalized spacial score (nSPS) is 13.1. The maximum Gasteiger partial charge on any atom is 0.156 e. The van der Waals surface area contributed by atoms with Crippen LogP contribution >= 0.6 is 11.6 Å². The first-order chi connectivity index (χ1) is 6.31. The zero-order valence-electron chi connectivity index (χ0n) is 9.14. The monoisotopic (exact) mass is 241 g/mol. The molecule has 0 spiro atoms. The molecule has 0 fully saturated rings. The minimum Gasteiger partial charge on any atom is -0.316 e. The average molecular weight is 242 g/mol. The van der Waals surface area contributed by atoms with Crippen LogP contribution in [0.4, 0.5) is 0 Å². The van der Waals surface area contributed by atoms with E-state index in [1.807, 2.05) is 0 Å². The summed E-state index contributed by atoms with van der Waals surface area (Å²) in [5.41, 5.74) is 0. The van der Waals surface area contributed by atoms with Crippen LogP contribution in [-0.4, -0.2) is 37.9 Å². The first-order valence-corrected chi connectivity index (χ1v) is 6.99. The van der Waals surface area contributed by atoms with Crippen molar-refractivity contribution in [3.05, 3.63) is 0 Å². The van der Waals surface area contributed by atoms with Gasteiger partial charge in [-0.25, -0.2) is 8.42 Å². The average Bonchev–Trinajstić information content (AvgIpc) is 2.02. The summed E-state index contributed by atoms with van der Waals surface area (Å²) in [5.74, 6) is 0.803. The number of nitrogens with one attached hydrogen (secondary N) is 1. The highest BCUT2D eigenvalue weighted by molar-refractivity contribution is 7.92. The van der Waals surface area contributed by atoms with Gasteiger partial charge in [-0.3, -0.25) is 0 Å². The van der Waals surface area contributed by atoms with E-state index in [1.165, 1.54) is 0 Å². The molecule has 0 aliphatic rings. The highest BCUT2D eigenvalue weighted by Gasteiger charge is 2.27. The summed E-state index contributed by atoms with van der Waals surface area (Å²) < 4.78 is 22.6. The maximum absolute atomic E-state index is 11.6. The lowest BCUT2D eigenvalue weighted by molar-refractivity contribution is 0.556. The van der Waals surface area contributed by atoms with Crippen LogP contribution in [0.15, 0.2) is 0 Å². The van der Waals surface area contributed by atoms with Crippen molar-refractivity contribution >= 4 is 21.4 Å².